The van der Waals surface area contributed by atoms with Crippen LogP contribution < -0.4 is 5.32 Å². The normalized spacial score (nSPS) is 25.2. The first-order valence-corrected chi connectivity index (χ1v) is 21.1. The van der Waals surface area contributed by atoms with Gasteiger partial charge in [0.1, 0.15) is 12.3 Å². The summed E-state index contributed by atoms with van der Waals surface area (Å²) in [5.41, 5.74) is 0.0136. The van der Waals surface area contributed by atoms with E-state index in [1.54, 1.807) is 0 Å². The summed E-state index contributed by atoms with van der Waals surface area (Å²) in [5.74, 6) is -2.16. The van der Waals surface area contributed by atoms with E-state index in [4.69, 9.17) is 14.0 Å². The van der Waals surface area contributed by atoms with Crippen LogP contribution >= 0.6 is 15.2 Å². The number of quaternary nitrogens is 1. The third kappa shape index (κ3) is 8.43. The molecule has 1 unspecified atom stereocenters. The minimum Gasteiger partial charge on any atom is -0.505 e. The summed E-state index contributed by atoms with van der Waals surface area (Å²) in [6.07, 6.45) is 7.09. The van der Waals surface area contributed by atoms with Crippen LogP contribution in [0.3, 0.4) is 0 Å². The highest BCUT2D eigenvalue weighted by atomic mass is 31.2. The molecule has 6 rings (SSSR count). The highest BCUT2D eigenvalue weighted by molar-refractivity contribution is 7.70. The number of ether oxygens (including phenoxy) is 1. The first-order chi connectivity index (χ1) is 24.4. The molecular formula is C33H47BN4O12P2. The van der Waals surface area contributed by atoms with Gasteiger partial charge in [-0.3, -0.25) is 28.5 Å². The topological polar surface area (TPSA) is 232 Å². The van der Waals surface area contributed by atoms with Gasteiger partial charge in [0, 0.05) is 12.4 Å². The fourth-order valence-corrected chi connectivity index (χ4v) is 10.8. The number of ketones is 1. The van der Waals surface area contributed by atoms with Crippen LogP contribution in [0.2, 0.25) is 5.82 Å². The van der Waals surface area contributed by atoms with Crippen LogP contribution in [0.5, 0.6) is 0 Å². The molecule has 2 saturated heterocycles. The lowest BCUT2D eigenvalue weighted by Gasteiger charge is -2.50. The monoisotopic (exact) mass is 764 g/mol. The number of hydrogen-bond donors (Lipinski definition) is 5. The molecule has 2 aliphatic carbocycles. The van der Waals surface area contributed by atoms with Crippen LogP contribution in [0.25, 0.3) is 0 Å². The van der Waals surface area contributed by atoms with E-state index in [0.29, 0.717) is 23.9 Å². The summed E-state index contributed by atoms with van der Waals surface area (Å²) in [7, 11) is -10.6. The average Bonchev–Trinajstić information content (AvgIpc) is 3.96. The zero-order valence-electron chi connectivity index (χ0n) is 29.3. The van der Waals surface area contributed by atoms with E-state index in [0.717, 1.165) is 31.2 Å². The van der Waals surface area contributed by atoms with Crippen molar-refractivity contribution >= 4 is 39.5 Å². The Morgan fingerprint density at radius 3 is 2.10 bits per heavy atom. The summed E-state index contributed by atoms with van der Waals surface area (Å²) < 4.78 is 43.4. The molecule has 0 bridgehead atoms. The molecule has 16 nitrogen and oxygen atoms in total. The van der Waals surface area contributed by atoms with Gasteiger partial charge in [0.05, 0.1) is 49.5 Å². The van der Waals surface area contributed by atoms with Crippen LogP contribution in [-0.4, -0.2) is 107 Å². The molecule has 284 valence electrons. The summed E-state index contributed by atoms with van der Waals surface area (Å²) in [4.78, 5) is 86.6. The maximum Gasteiger partial charge on any atom is 0.477 e. The maximum atomic E-state index is 14.5. The largest absolute Gasteiger partial charge is 0.505 e. The highest BCUT2D eigenvalue weighted by Crippen LogP contribution is 2.65. The number of esters is 1. The van der Waals surface area contributed by atoms with Gasteiger partial charge in [0.2, 0.25) is 0 Å². The van der Waals surface area contributed by atoms with Gasteiger partial charge in [0.15, 0.2) is 11.2 Å². The molecule has 0 radical (unpaired) electrons. The molecule has 19 heteroatoms. The van der Waals surface area contributed by atoms with Crippen LogP contribution in [0.1, 0.15) is 74.8 Å². The number of carbonyl (C=O) groups is 3. The molecule has 2 saturated carbocycles. The third-order valence-corrected chi connectivity index (χ3v) is 14.7. The lowest BCUT2D eigenvalue weighted by Crippen LogP contribution is -2.66. The Balaban J connectivity index is 1.27. The second-order valence-electron chi connectivity index (χ2n) is 15.5. The Morgan fingerprint density at radius 1 is 0.962 bits per heavy atom. The zero-order valence-corrected chi connectivity index (χ0v) is 31.1. The fraction of sp³-hybridized carbons (Fsp3) is 0.606. The van der Waals surface area contributed by atoms with Crippen molar-refractivity contribution in [1.82, 2.24) is 15.3 Å². The van der Waals surface area contributed by atoms with Crippen molar-refractivity contribution in [2.75, 3.05) is 26.2 Å². The van der Waals surface area contributed by atoms with E-state index < -0.39 is 68.6 Å². The summed E-state index contributed by atoms with van der Waals surface area (Å²) in [6, 6.07) is 8.49. The predicted molar refractivity (Wildman–Crippen MR) is 186 cm³/mol. The Morgan fingerprint density at radius 2 is 1.58 bits per heavy atom. The molecule has 4 aliphatic rings. The number of aromatic nitrogens is 2. The van der Waals surface area contributed by atoms with E-state index in [9.17, 15) is 43.1 Å². The Labute approximate surface area is 301 Å². The summed E-state index contributed by atoms with van der Waals surface area (Å²) in [5, 5.41) is 0.396. The molecule has 52 heavy (non-hydrogen) atoms. The molecule has 4 fully saturated rings. The number of nitrogens with zero attached hydrogens (tertiary/aromatic N) is 3. The smallest absolute Gasteiger partial charge is 0.477 e. The molecule has 2 atom stereocenters. The van der Waals surface area contributed by atoms with E-state index in [1.807, 2.05) is 30.3 Å². The highest BCUT2D eigenvalue weighted by Gasteiger charge is 2.77. The second-order valence-corrected chi connectivity index (χ2v) is 19.5. The van der Waals surface area contributed by atoms with Crippen molar-refractivity contribution in [3.63, 3.8) is 0 Å². The standard InChI is InChI=1S/C33H47BN4O12P2/c1-23(2)16-25(18-28(39)26(17-24-6-4-3-5-7-24)37-31(41)27-20-35-12-13-36-27)34-38(21-32(49-34)8-9-32,22-33(50-34)10-11-33)14-15-48-29(40)19-30(51(42,43)44)52(45,46)47/h3-7,12-13,20,23,25-26,30H,8-11,14-19,21-22H2,1-2H3,(H,37,41)(H2,42,43,44)(H2,45,46,47)/t25?,26-,34?,38?/m0/s1. The fourth-order valence-electron chi connectivity index (χ4n) is 8.44. The van der Waals surface area contributed by atoms with Crippen LogP contribution in [0, 0.1) is 5.92 Å². The van der Waals surface area contributed by atoms with Crippen LogP contribution in [-0.2, 0) is 39.2 Å². The first-order valence-electron chi connectivity index (χ1n) is 17.7. The molecule has 5 N–H and O–H groups in total. The Kier molecular flexibility index (Phi) is 10.8. The van der Waals surface area contributed by atoms with Crippen molar-refractivity contribution in [1.29, 1.82) is 0 Å². The van der Waals surface area contributed by atoms with Gasteiger partial charge in [0.25, 0.3) is 5.91 Å². The zero-order chi connectivity index (χ0) is 37.6. The number of Topliss-reactive ketones (excluding diaryl/α,β-unsaturated/α-hetero) is 1. The summed E-state index contributed by atoms with van der Waals surface area (Å²) in [6.45, 7) is 3.00. The molecule has 1 aromatic heterocycles. The number of amides is 1. The molecule has 2 spiro atoms. The summed E-state index contributed by atoms with van der Waals surface area (Å²) >= 11 is 0. The molecular weight excluding hydrogens is 717 g/mol. The quantitative estimate of drug-likeness (QED) is 0.0886. The van der Waals surface area contributed by atoms with E-state index >= 15 is 0 Å². The average molecular weight is 765 g/mol. The number of benzene rings is 1. The lowest BCUT2D eigenvalue weighted by atomic mass is 9.51. The van der Waals surface area contributed by atoms with Gasteiger partial charge in [-0.25, -0.2) is 4.98 Å². The third-order valence-electron chi connectivity index (χ3n) is 11.0. The molecule has 2 aromatic rings. The van der Waals surface area contributed by atoms with Gasteiger partial charge in [-0.1, -0.05) is 50.6 Å². The number of carbonyl (C=O) groups excluding carboxylic acids is 3. The van der Waals surface area contributed by atoms with Gasteiger partial charge >= 0.3 is 27.8 Å². The first kappa shape index (κ1) is 38.9. The maximum absolute atomic E-state index is 14.5. The SMILES string of the molecule is CC(C)CC(CC(=O)[C@H](Cc1ccccc1)NC(=O)c1cnccn1)[B-]12OC3(CC3)C[N+]1(CCOC(=O)CC(P(=O)(O)O)P(=O)(O)O)CC1(CC1)O2. The lowest BCUT2D eigenvalue weighted by molar-refractivity contribution is -0.827. The van der Waals surface area contributed by atoms with Gasteiger partial charge in [-0.05, 0) is 55.8 Å². The number of rotatable bonds is 17. The van der Waals surface area contributed by atoms with Gasteiger partial charge < -0.3 is 43.3 Å². The Hall–Kier alpha value is -2.85. The van der Waals surface area contributed by atoms with E-state index in [2.05, 4.69) is 29.1 Å². The minimum atomic E-state index is -5.32. The van der Waals surface area contributed by atoms with Crippen LogP contribution in [0.4, 0.5) is 0 Å². The van der Waals surface area contributed by atoms with Gasteiger partial charge in [-0.15, -0.1) is 0 Å². The van der Waals surface area contributed by atoms with Crippen molar-refractivity contribution in [3.8, 4) is 0 Å². The van der Waals surface area contributed by atoms with Crippen LogP contribution in [0.15, 0.2) is 48.9 Å². The van der Waals surface area contributed by atoms with Gasteiger partial charge in [-0.2, -0.15) is 0 Å². The van der Waals surface area contributed by atoms with Crippen molar-refractivity contribution in [2.45, 2.75) is 93.7 Å². The number of fused-ring (bicyclic) bond motifs is 1. The van der Waals surface area contributed by atoms with Crippen molar-refractivity contribution in [3.05, 3.63) is 60.2 Å². The van der Waals surface area contributed by atoms with Crippen molar-refractivity contribution < 1.29 is 61.5 Å². The molecule has 1 aromatic carbocycles. The predicted octanol–water partition coefficient (Wildman–Crippen LogP) is 2.69. The number of nitrogens with one attached hydrogen (secondary N) is 1. The molecule has 3 heterocycles. The van der Waals surface area contributed by atoms with Crippen molar-refractivity contribution in [2.24, 2.45) is 5.92 Å². The second kappa shape index (κ2) is 14.4. The van der Waals surface area contributed by atoms with E-state index in [1.165, 1.54) is 18.6 Å². The van der Waals surface area contributed by atoms with E-state index in [-0.39, 0.29) is 43.4 Å². The molecule has 2 aliphatic heterocycles. The Bertz CT molecular complexity index is 1700. The number of hydrogen-bond acceptors (Lipinski definition) is 10. The molecule has 1 amide bonds. The minimum absolute atomic E-state index is 0.0363.